The van der Waals surface area contributed by atoms with Gasteiger partial charge in [0.1, 0.15) is 5.15 Å². The first kappa shape index (κ1) is 34.1. The van der Waals surface area contributed by atoms with Gasteiger partial charge in [-0.25, -0.2) is 16.9 Å². The van der Waals surface area contributed by atoms with Crippen molar-refractivity contribution in [1.82, 2.24) is 4.98 Å². The Morgan fingerprint density at radius 1 is 0.857 bits per heavy atom. The summed E-state index contributed by atoms with van der Waals surface area (Å²) >= 11 is 8.16. The van der Waals surface area contributed by atoms with Crippen molar-refractivity contribution in [2.45, 2.75) is 23.9 Å². The van der Waals surface area contributed by atoms with Crippen LogP contribution in [0.3, 0.4) is 0 Å². The largest absolute Gasteiger partial charge is 0.457 e. The van der Waals surface area contributed by atoms with Crippen LogP contribution in [0.5, 0.6) is 0 Å². The molecule has 1 atom stereocenters. The molecular weight excluding hydrogens is 842 g/mol. The molecule has 18 heteroatoms. The van der Waals surface area contributed by atoms with Gasteiger partial charge in [-0.05, 0) is 59.0 Å². The van der Waals surface area contributed by atoms with Crippen LogP contribution in [0.1, 0.15) is 26.3 Å². The fraction of sp³-hybridized carbons (Fsp3) is 0.208. The first-order valence-corrected chi connectivity index (χ1v) is 13.3. The second-order valence-electron chi connectivity index (χ2n) is 8.35. The van der Waals surface area contributed by atoms with Crippen molar-refractivity contribution >= 4 is 80.2 Å². The van der Waals surface area contributed by atoms with Gasteiger partial charge in [0, 0.05) is 22.4 Å². The molecule has 0 aliphatic rings. The molecule has 0 N–H and O–H groups in total. The highest BCUT2D eigenvalue weighted by Gasteiger charge is 2.81. The minimum Gasteiger partial charge on any atom is -0.309 e. The number of carbonyl (C=O) groups is 2. The first-order valence-electron chi connectivity index (χ1n) is 10.8. The van der Waals surface area contributed by atoms with Crippen LogP contribution in [-0.4, -0.2) is 42.1 Å². The van der Waals surface area contributed by atoms with Crippen molar-refractivity contribution in [3.8, 4) is 0 Å². The molecule has 2 amide bonds. The van der Waals surface area contributed by atoms with Gasteiger partial charge in [0.05, 0.1) is 45.4 Å². The average molecular weight is 854 g/mol. The summed E-state index contributed by atoms with van der Waals surface area (Å²) in [7, 11) is 1.19. The number of pyridine rings is 1. The van der Waals surface area contributed by atoms with Gasteiger partial charge in [0.15, 0.2) is 5.82 Å². The number of halogens is 13. The number of alkyl halides is 9. The van der Waals surface area contributed by atoms with E-state index >= 15 is 4.39 Å². The van der Waals surface area contributed by atoms with Crippen molar-refractivity contribution in [1.29, 1.82) is 0 Å². The lowest BCUT2D eigenvalue weighted by Gasteiger charge is -2.36. The maximum absolute atomic E-state index is 15.4. The number of anilines is 2. The molecule has 0 bridgehead atoms. The lowest BCUT2D eigenvalue weighted by Crippen LogP contribution is -2.59. The fourth-order valence-corrected chi connectivity index (χ4v) is 5.57. The quantitative estimate of drug-likeness (QED) is 0.108. The van der Waals surface area contributed by atoms with Gasteiger partial charge < -0.3 is 4.90 Å². The van der Waals surface area contributed by atoms with Crippen LogP contribution in [0.25, 0.3) is 0 Å². The summed E-state index contributed by atoms with van der Waals surface area (Å²) in [5.74, 6) is -10.00. The molecule has 0 aliphatic carbocycles. The highest BCUT2D eigenvalue weighted by molar-refractivity contribution is 14.1. The molecule has 42 heavy (non-hydrogen) atoms. The van der Waals surface area contributed by atoms with E-state index in [0.29, 0.717) is 9.18 Å². The number of carbonyl (C=O) groups excluding carboxylic acids is 2. The lowest BCUT2D eigenvalue weighted by molar-refractivity contribution is -0.389. The summed E-state index contributed by atoms with van der Waals surface area (Å²) in [5.41, 5.74) is -9.67. The molecule has 0 spiro atoms. The van der Waals surface area contributed by atoms with Gasteiger partial charge in [0.2, 0.25) is 0 Å². The Labute approximate surface area is 262 Å². The van der Waals surface area contributed by atoms with Crippen molar-refractivity contribution in [3.05, 3.63) is 86.0 Å². The normalized spacial score (nSPS) is 13.9. The predicted molar refractivity (Wildman–Crippen MR) is 148 cm³/mol. The maximum Gasteiger partial charge on any atom is 0.457 e. The number of benzene rings is 2. The second-order valence-corrected chi connectivity index (χ2v) is 10.9. The van der Waals surface area contributed by atoms with Crippen molar-refractivity contribution in [2.75, 3.05) is 15.1 Å². The smallest absolute Gasteiger partial charge is 0.309 e. The van der Waals surface area contributed by atoms with Crippen molar-refractivity contribution in [3.63, 3.8) is 0 Å². The first-order chi connectivity index (χ1) is 19.2. The summed E-state index contributed by atoms with van der Waals surface area (Å²) in [6.07, 6.45) is -12.5. The standard InChI is InChI=1S/C24H12ClF10I2N3O2/c1-39(19(41)11-5-8-17(25)38-10-11)16-4-2-3-13(18(16)26)20(42)40(37)15-7-6-12(9-14(15)36)21(27,23(30,31)32)22(28,29)24(33,34)35/h2-10H,1H3. The Morgan fingerprint density at radius 2 is 1.48 bits per heavy atom. The Hall–Kier alpha value is -2.42. The van der Waals surface area contributed by atoms with Crippen molar-refractivity contribution in [2.24, 2.45) is 0 Å². The zero-order valence-corrected chi connectivity index (χ0v) is 25.3. The molecule has 5 nitrogen and oxygen atoms in total. The van der Waals surface area contributed by atoms with E-state index in [4.69, 9.17) is 11.6 Å². The number of hydrogen-bond donors (Lipinski definition) is 0. The molecule has 0 fully saturated rings. The van der Waals surface area contributed by atoms with E-state index in [1.54, 1.807) is 0 Å². The van der Waals surface area contributed by atoms with Crippen LogP contribution < -0.4 is 8.01 Å². The van der Waals surface area contributed by atoms with Gasteiger partial charge >= 0.3 is 23.9 Å². The summed E-state index contributed by atoms with van der Waals surface area (Å²) < 4.78 is 137. The Morgan fingerprint density at radius 3 is 1.98 bits per heavy atom. The predicted octanol–water partition coefficient (Wildman–Crippen LogP) is 8.68. The van der Waals surface area contributed by atoms with E-state index in [9.17, 15) is 49.1 Å². The highest BCUT2D eigenvalue weighted by atomic mass is 127. The summed E-state index contributed by atoms with van der Waals surface area (Å²) in [6.45, 7) is 0. The molecule has 0 aliphatic heterocycles. The average Bonchev–Trinajstić information content (AvgIpc) is 2.90. The van der Waals surface area contributed by atoms with Crippen LogP contribution in [0.4, 0.5) is 55.3 Å². The number of rotatable bonds is 6. The molecule has 0 saturated heterocycles. The van der Waals surface area contributed by atoms with Gasteiger partial charge in [-0.2, -0.15) is 35.1 Å². The zero-order valence-electron chi connectivity index (χ0n) is 20.3. The number of nitrogens with zero attached hydrogens (tertiary/aromatic N) is 3. The molecular formula is C24H12ClF10I2N3O2. The lowest BCUT2D eigenvalue weighted by atomic mass is 9.87. The van der Waals surface area contributed by atoms with E-state index in [1.165, 1.54) is 70.7 Å². The molecule has 1 heterocycles. The summed E-state index contributed by atoms with van der Waals surface area (Å²) in [5, 5.41) is 0.0856. The van der Waals surface area contributed by atoms with E-state index in [1.807, 2.05) is 0 Å². The van der Waals surface area contributed by atoms with Crippen LogP contribution in [0.2, 0.25) is 5.15 Å². The highest BCUT2D eigenvalue weighted by Crippen LogP contribution is 2.58. The molecule has 226 valence electrons. The Kier molecular flexibility index (Phi) is 9.68. The maximum atomic E-state index is 15.4. The fourth-order valence-electron chi connectivity index (χ4n) is 3.56. The monoisotopic (exact) mass is 853 g/mol. The minimum atomic E-state index is -6.91. The molecule has 1 aromatic heterocycles. The van der Waals surface area contributed by atoms with Crippen LogP contribution in [0, 0.1) is 9.39 Å². The Bertz CT molecular complexity index is 1520. The molecule has 3 aromatic rings. The number of hydrogen-bond acceptors (Lipinski definition) is 3. The zero-order chi connectivity index (χ0) is 32.0. The van der Waals surface area contributed by atoms with Crippen LogP contribution >= 0.6 is 57.1 Å². The number of amides is 2. The van der Waals surface area contributed by atoms with Gasteiger partial charge in [0.25, 0.3) is 11.8 Å². The molecule has 0 radical (unpaired) electrons. The summed E-state index contributed by atoms with van der Waals surface area (Å²) in [6, 6.07) is 6.57. The van der Waals surface area contributed by atoms with E-state index in [0.717, 1.165) is 23.2 Å². The third-order valence-electron chi connectivity index (χ3n) is 5.76. The second kappa shape index (κ2) is 11.9. The van der Waals surface area contributed by atoms with Gasteiger partial charge in [-0.1, -0.05) is 23.7 Å². The number of aromatic nitrogens is 1. The van der Waals surface area contributed by atoms with Crippen LogP contribution in [0.15, 0.2) is 54.7 Å². The topological polar surface area (TPSA) is 53.5 Å². The molecule has 1 unspecified atom stereocenters. The van der Waals surface area contributed by atoms with E-state index in [-0.39, 0.29) is 28.5 Å². The molecule has 2 aromatic carbocycles. The van der Waals surface area contributed by atoms with E-state index < -0.39 is 62.0 Å². The molecule has 0 saturated carbocycles. The third-order valence-corrected chi connectivity index (χ3v) is 7.81. The SMILES string of the molecule is CN(C(=O)c1ccc(Cl)nc1)c1cccc(C(=O)N(I)c2ccc(C(F)(C(F)(F)F)C(F)(F)C(F)(F)F)cc2I)c1F. The Balaban J connectivity index is 1.99. The van der Waals surface area contributed by atoms with Crippen LogP contribution in [-0.2, 0) is 5.67 Å². The summed E-state index contributed by atoms with van der Waals surface area (Å²) in [4.78, 5) is 30.5. The van der Waals surface area contributed by atoms with Gasteiger partial charge in [-0.3, -0.25) is 9.59 Å². The molecule has 3 rings (SSSR count). The minimum absolute atomic E-state index is 0.0158. The van der Waals surface area contributed by atoms with E-state index in [2.05, 4.69) is 4.98 Å². The van der Waals surface area contributed by atoms with Crippen molar-refractivity contribution < 1.29 is 53.5 Å². The third kappa shape index (κ3) is 6.00. The van der Waals surface area contributed by atoms with Gasteiger partial charge in [-0.15, -0.1) is 0 Å².